The van der Waals surface area contributed by atoms with Gasteiger partial charge in [0.1, 0.15) is 0 Å². The van der Waals surface area contributed by atoms with Gasteiger partial charge in [0.15, 0.2) is 0 Å². The Morgan fingerprint density at radius 1 is 1.67 bits per heavy atom. The molecule has 1 atom stereocenters. The zero-order valence-corrected chi connectivity index (χ0v) is 7.05. The third-order valence-electron chi connectivity index (χ3n) is 2.18. The van der Waals surface area contributed by atoms with Crippen LogP contribution in [0.15, 0.2) is 0 Å². The zero-order valence-electron chi connectivity index (χ0n) is 6.24. The lowest BCUT2D eigenvalue weighted by molar-refractivity contribution is 0.348. The maximum Gasteiger partial charge on any atom is 0.0422 e. The van der Waals surface area contributed by atoms with Crippen LogP contribution in [0.25, 0.3) is 0 Å². The minimum atomic E-state index is 0.450. The van der Waals surface area contributed by atoms with Crippen molar-refractivity contribution in [2.75, 3.05) is 11.6 Å². The van der Waals surface area contributed by atoms with Crippen molar-refractivity contribution in [3.8, 4) is 0 Å². The van der Waals surface area contributed by atoms with Crippen LogP contribution in [-0.2, 0) is 0 Å². The highest BCUT2D eigenvalue weighted by Gasteiger charge is 2.23. The van der Waals surface area contributed by atoms with Crippen molar-refractivity contribution in [2.24, 2.45) is 0 Å². The van der Waals surface area contributed by atoms with Gasteiger partial charge in [-0.05, 0) is 25.5 Å². The summed E-state index contributed by atoms with van der Waals surface area (Å²) in [4.78, 5) is 0. The van der Waals surface area contributed by atoms with E-state index in [1.54, 1.807) is 0 Å². The summed E-state index contributed by atoms with van der Waals surface area (Å²) in [5, 5.41) is 3.51. The second-order valence-corrected chi connectivity index (χ2v) is 4.00. The van der Waals surface area contributed by atoms with Gasteiger partial charge in [0.25, 0.3) is 0 Å². The summed E-state index contributed by atoms with van der Waals surface area (Å²) >= 11 is 2.00. The highest BCUT2D eigenvalue weighted by atomic mass is 32.2. The second-order valence-electron chi connectivity index (χ2n) is 2.89. The summed E-state index contributed by atoms with van der Waals surface area (Å²) in [6.45, 7) is 4.57. The highest BCUT2D eigenvalue weighted by Crippen LogP contribution is 2.22. The number of thioether (sulfide) groups is 1. The van der Waals surface area contributed by atoms with Crippen molar-refractivity contribution in [2.45, 2.75) is 32.2 Å². The number of rotatable bonds is 1. The SMILES string of the molecule is CCC1(C)CCSCN1. The molecule has 2 heteroatoms. The molecule has 0 saturated carbocycles. The molecule has 1 aliphatic rings. The predicted molar refractivity (Wildman–Crippen MR) is 43.8 cm³/mol. The first-order valence-corrected chi connectivity index (χ1v) is 4.75. The topological polar surface area (TPSA) is 12.0 Å². The Morgan fingerprint density at radius 2 is 2.44 bits per heavy atom. The van der Waals surface area contributed by atoms with E-state index in [4.69, 9.17) is 0 Å². The van der Waals surface area contributed by atoms with E-state index in [-0.39, 0.29) is 0 Å². The number of hydrogen-bond donors (Lipinski definition) is 1. The first-order chi connectivity index (χ1) is 4.27. The van der Waals surface area contributed by atoms with E-state index in [9.17, 15) is 0 Å². The molecule has 1 saturated heterocycles. The Balaban J connectivity index is 2.37. The Hall–Kier alpha value is 0.310. The van der Waals surface area contributed by atoms with Gasteiger partial charge in [-0.1, -0.05) is 6.92 Å². The Labute approximate surface area is 61.6 Å². The minimum Gasteiger partial charge on any atom is -0.303 e. The van der Waals surface area contributed by atoms with Crippen molar-refractivity contribution in [1.82, 2.24) is 5.32 Å². The van der Waals surface area contributed by atoms with Crippen LogP contribution in [0.4, 0.5) is 0 Å². The molecule has 1 aliphatic heterocycles. The van der Waals surface area contributed by atoms with Crippen LogP contribution in [0, 0.1) is 0 Å². The fourth-order valence-corrected chi connectivity index (χ4v) is 2.17. The molecule has 1 heterocycles. The second kappa shape index (κ2) is 2.93. The monoisotopic (exact) mass is 145 g/mol. The molecular formula is C7H15NS. The van der Waals surface area contributed by atoms with Crippen LogP contribution in [-0.4, -0.2) is 17.2 Å². The lowest BCUT2D eigenvalue weighted by Crippen LogP contribution is -2.44. The molecule has 1 unspecified atom stereocenters. The van der Waals surface area contributed by atoms with Gasteiger partial charge in [-0.2, -0.15) is 0 Å². The van der Waals surface area contributed by atoms with E-state index in [1.165, 1.54) is 18.6 Å². The number of nitrogens with one attached hydrogen (secondary N) is 1. The molecule has 1 rings (SSSR count). The largest absolute Gasteiger partial charge is 0.303 e. The molecule has 0 bridgehead atoms. The molecule has 0 radical (unpaired) electrons. The van der Waals surface area contributed by atoms with Gasteiger partial charge in [-0.25, -0.2) is 0 Å². The summed E-state index contributed by atoms with van der Waals surface area (Å²) in [5.41, 5.74) is 0.450. The normalized spacial score (nSPS) is 36.7. The van der Waals surface area contributed by atoms with Crippen molar-refractivity contribution < 1.29 is 0 Å². The smallest absolute Gasteiger partial charge is 0.0422 e. The van der Waals surface area contributed by atoms with Crippen LogP contribution in [0.3, 0.4) is 0 Å². The number of hydrogen-bond acceptors (Lipinski definition) is 2. The van der Waals surface area contributed by atoms with Crippen LogP contribution < -0.4 is 5.32 Å². The summed E-state index contributed by atoms with van der Waals surface area (Å²) in [7, 11) is 0. The van der Waals surface area contributed by atoms with E-state index < -0.39 is 0 Å². The van der Waals surface area contributed by atoms with Gasteiger partial charge >= 0.3 is 0 Å². The first-order valence-electron chi connectivity index (χ1n) is 3.60. The van der Waals surface area contributed by atoms with Crippen LogP contribution >= 0.6 is 11.8 Å². The Kier molecular flexibility index (Phi) is 2.42. The molecule has 0 aromatic heterocycles. The summed E-state index contributed by atoms with van der Waals surface area (Å²) in [6.07, 6.45) is 2.59. The third-order valence-corrected chi connectivity index (χ3v) is 3.02. The van der Waals surface area contributed by atoms with E-state index >= 15 is 0 Å². The first kappa shape index (κ1) is 7.42. The van der Waals surface area contributed by atoms with Crippen LogP contribution in [0.2, 0.25) is 0 Å². The molecule has 1 fully saturated rings. The van der Waals surface area contributed by atoms with E-state index in [0.29, 0.717) is 5.54 Å². The molecule has 0 aromatic carbocycles. The lowest BCUT2D eigenvalue weighted by atomic mass is 9.96. The molecule has 1 N–H and O–H groups in total. The zero-order chi connectivity index (χ0) is 6.74. The minimum absolute atomic E-state index is 0.450. The fourth-order valence-electron chi connectivity index (χ4n) is 0.985. The third kappa shape index (κ3) is 1.87. The molecule has 9 heavy (non-hydrogen) atoms. The quantitative estimate of drug-likeness (QED) is 0.604. The standard InChI is InChI=1S/C7H15NS/c1-3-7(2)4-5-9-6-8-7/h8H,3-6H2,1-2H3. The molecule has 0 spiro atoms. The summed E-state index contributed by atoms with van der Waals surface area (Å²) in [5.74, 6) is 2.47. The maximum atomic E-state index is 3.51. The predicted octanol–water partition coefficient (Wildman–Crippen LogP) is 1.84. The molecule has 0 amide bonds. The highest BCUT2D eigenvalue weighted by molar-refractivity contribution is 7.99. The Bertz CT molecular complexity index is 86.9. The van der Waals surface area contributed by atoms with Crippen molar-refractivity contribution in [3.05, 3.63) is 0 Å². The average Bonchev–Trinajstić information content (AvgIpc) is 1.90. The van der Waals surface area contributed by atoms with Gasteiger partial charge in [0.05, 0.1) is 0 Å². The van der Waals surface area contributed by atoms with Crippen molar-refractivity contribution in [3.63, 3.8) is 0 Å². The molecule has 0 aliphatic carbocycles. The summed E-state index contributed by atoms with van der Waals surface area (Å²) in [6, 6.07) is 0. The van der Waals surface area contributed by atoms with Crippen LogP contribution in [0.1, 0.15) is 26.7 Å². The van der Waals surface area contributed by atoms with E-state index in [0.717, 1.165) is 5.88 Å². The Morgan fingerprint density at radius 3 is 2.78 bits per heavy atom. The lowest BCUT2D eigenvalue weighted by Gasteiger charge is -2.33. The van der Waals surface area contributed by atoms with E-state index in [2.05, 4.69) is 19.2 Å². The van der Waals surface area contributed by atoms with Crippen molar-refractivity contribution >= 4 is 11.8 Å². The van der Waals surface area contributed by atoms with Gasteiger partial charge in [-0.15, -0.1) is 11.8 Å². The maximum absolute atomic E-state index is 3.51. The van der Waals surface area contributed by atoms with Crippen LogP contribution in [0.5, 0.6) is 0 Å². The average molecular weight is 145 g/mol. The molecular weight excluding hydrogens is 130 g/mol. The van der Waals surface area contributed by atoms with Crippen molar-refractivity contribution in [1.29, 1.82) is 0 Å². The van der Waals surface area contributed by atoms with Gasteiger partial charge < -0.3 is 5.32 Å². The molecule has 54 valence electrons. The fraction of sp³-hybridized carbons (Fsp3) is 1.00. The van der Waals surface area contributed by atoms with Gasteiger partial charge in [-0.3, -0.25) is 0 Å². The van der Waals surface area contributed by atoms with E-state index in [1.807, 2.05) is 11.8 Å². The van der Waals surface area contributed by atoms with Gasteiger partial charge in [0.2, 0.25) is 0 Å². The molecule has 1 nitrogen and oxygen atoms in total. The summed E-state index contributed by atoms with van der Waals surface area (Å²) < 4.78 is 0. The van der Waals surface area contributed by atoms with Gasteiger partial charge in [0, 0.05) is 11.4 Å². The molecule has 0 aromatic rings.